The monoisotopic (exact) mass is 363 g/mol. The normalized spacial score (nSPS) is 14.4. The molecule has 0 aliphatic carbocycles. The maximum Gasteiger partial charge on any atom is 0.221 e. The zero-order valence-electron chi connectivity index (χ0n) is 15.4. The van der Waals surface area contributed by atoms with Gasteiger partial charge >= 0.3 is 0 Å². The van der Waals surface area contributed by atoms with Crippen molar-refractivity contribution in [3.63, 3.8) is 0 Å². The number of morpholine rings is 1. The minimum atomic E-state index is -0.0951. The molecule has 7 heteroatoms. The second-order valence-electron chi connectivity index (χ2n) is 6.55. The fourth-order valence-corrected chi connectivity index (χ4v) is 3.25. The number of fused-ring (bicyclic) bond motifs is 1. The first-order valence-electron chi connectivity index (χ1n) is 8.95. The van der Waals surface area contributed by atoms with E-state index in [0.29, 0.717) is 13.2 Å². The molecule has 1 N–H and O–H groups in total. The van der Waals surface area contributed by atoms with E-state index in [1.807, 2.05) is 43.5 Å². The topological polar surface area (TPSA) is 80.2 Å². The molecule has 0 saturated carbocycles. The van der Waals surface area contributed by atoms with Crippen molar-refractivity contribution in [2.24, 2.45) is 0 Å². The fraction of sp³-hybridized carbons (Fsp3) is 0.300. The van der Waals surface area contributed by atoms with Gasteiger partial charge in [0.25, 0.3) is 0 Å². The van der Waals surface area contributed by atoms with Crippen molar-refractivity contribution in [3.8, 4) is 11.1 Å². The highest BCUT2D eigenvalue weighted by atomic mass is 16.5. The van der Waals surface area contributed by atoms with E-state index in [-0.39, 0.29) is 5.91 Å². The summed E-state index contributed by atoms with van der Waals surface area (Å²) in [6.45, 7) is 6.38. The third kappa shape index (κ3) is 3.73. The minimum absolute atomic E-state index is 0.0951. The maximum absolute atomic E-state index is 11.3. The Morgan fingerprint density at radius 3 is 2.74 bits per heavy atom. The third-order valence-electron chi connectivity index (χ3n) is 4.46. The van der Waals surface area contributed by atoms with Crippen molar-refractivity contribution >= 4 is 28.4 Å². The first kappa shape index (κ1) is 17.4. The number of aromatic nitrogens is 3. The second kappa shape index (κ2) is 7.28. The van der Waals surface area contributed by atoms with Gasteiger partial charge < -0.3 is 15.0 Å². The lowest BCUT2D eigenvalue weighted by atomic mass is 10.1. The van der Waals surface area contributed by atoms with E-state index in [2.05, 4.69) is 25.2 Å². The SMILES string of the molecule is CC(=O)Nc1cccc(-c2cnc3c(N4CCOCC4)nc(C)nc3c2)c1. The van der Waals surface area contributed by atoms with Crippen LogP contribution < -0.4 is 10.2 Å². The molecule has 0 atom stereocenters. The molecule has 4 rings (SSSR count). The quantitative estimate of drug-likeness (QED) is 0.771. The van der Waals surface area contributed by atoms with Gasteiger partial charge in [-0.3, -0.25) is 9.78 Å². The molecule has 138 valence electrons. The van der Waals surface area contributed by atoms with E-state index in [1.54, 1.807) is 0 Å². The molecule has 1 aliphatic heterocycles. The number of ether oxygens (including phenoxy) is 1. The highest BCUT2D eigenvalue weighted by Crippen LogP contribution is 2.28. The molecule has 27 heavy (non-hydrogen) atoms. The Bertz CT molecular complexity index is 999. The molecular weight excluding hydrogens is 342 g/mol. The van der Waals surface area contributed by atoms with Crippen molar-refractivity contribution in [3.05, 3.63) is 42.4 Å². The number of nitrogens with zero attached hydrogens (tertiary/aromatic N) is 4. The lowest BCUT2D eigenvalue weighted by molar-refractivity contribution is -0.114. The van der Waals surface area contributed by atoms with Crippen molar-refractivity contribution in [2.75, 3.05) is 36.5 Å². The van der Waals surface area contributed by atoms with E-state index in [1.165, 1.54) is 6.92 Å². The van der Waals surface area contributed by atoms with Gasteiger partial charge in [-0.15, -0.1) is 0 Å². The number of amides is 1. The molecule has 1 aromatic carbocycles. The van der Waals surface area contributed by atoms with E-state index < -0.39 is 0 Å². The number of hydrogen-bond donors (Lipinski definition) is 1. The Balaban J connectivity index is 1.75. The van der Waals surface area contributed by atoms with E-state index in [4.69, 9.17) is 4.74 Å². The van der Waals surface area contributed by atoms with Gasteiger partial charge in [-0.25, -0.2) is 9.97 Å². The molecule has 1 aliphatic rings. The smallest absolute Gasteiger partial charge is 0.221 e. The Morgan fingerprint density at radius 1 is 1.15 bits per heavy atom. The first-order valence-corrected chi connectivity index (χ1v) is 8.95. The van der Waals surface area contributed by atoms with Crippen LogP contribution in [0.2, 0.25) is 0 Å². The van der Waals surface area contributed by atoms with Crippen molar-refractivity contribution < 1.29 is 9.53 Å². The number of carbonyl (C=O) groups excluding carboxylic acids is 1. The van der Waals surface area contributed by atoms with Crippen LogP contribution >= 0.6 is 0 Å². The maximum atomic E-state index is 11.3. The predicted octanol–water partition coefficient (Wildman–Crippen LogP) is 2.80. The minimum Gasteiger partial charge on any atom is -0.378 e. The summed E-state index contributed by atoms with van der Waals surface area (Å²) in [6, 6.07) is 9.72. The molecule has 3 heterocycles. The molecule has 0 bridgehead atoms. The van der Waals surface area contributed by atoms with Gasteiger partial charge in [0.15, 0.2) is 5.82 Å². The summed E-state index contributed by atoms with van der Waals surface area (Å²) < 4.78 is 5.44. The summed E-state index contributed by atoms with van der Waals surface area (Å²) in [6.07, 6.45) is 1.83. The second-order valence-corrected chi connectivity index (χ2v) is 6.55. The number of nitrogens with one attached hydrogen (secondary N) is 1. The molecule has 0 radical (unpaired) electrons. The van der Waals surface area contributed by atoms with Crippen molar-refractivity contribution in [2.45, 2.75) is 13.8 Å². The van der Waals surface area contributed by atoms with Crippen LogP contribution in [0, 0.1) is 6.92 Å². The average Bonchev–Trinajstić information content (AvgIpc) is 2.67. The molecule has 1 amide bonds. The van der Waals surface area contributed by atoms with Crippen molar-refractivity contribution in [1.29, 1.82) is 0 Å². The summed E-state index contributed by atoms with van der Waals surface area (Å²) in [5, 5.41) is 2.81. The Morgan fingerprint density at radius 2 is 1.96 bits per heavy atom. The largest absolute Gasteiger partial charge is 0.378 e. The summed E-state index contributed by atoms with van der Waals surface area (Å²) in [7, 11) is 0. The van der Waals surface area contributed by atoms with E-state index in [0.717, 1.165) is 52.6 Å². The molecule has 1 fully saturated rings. The highest BCUT2D eigenvalue weighted by molar-refractivity contribution is 5.91. The fourth-order valence-electron chi connectivity index (χ4n) is 3.25. The summed E-state index contributed by atoms with van der Waals surface area (Å²) in [5.74, 6) is 1.48. The van der Waals surface area contributed by atoms with Crippen LogP contribution in [0.5, 0.6) is 0 Å². The number of rotatable bonds is 3. The molecule has 0 unspecified atom stereocenters. The first-order chi connectivity index (χ1) is 13.1. The number of carbonyl (C=O) groups is 1. The number of benzene rings is 1. The van der Waals surface area contributed by atoms with Crippen LogP contribution in [0.1, 0.15) is 12.7 Å². The number of pyridine rings is 1. The van der Waals surface area contributed by atoms with Gasteiger partial charge in [0.1, 0.15) is 11.3 Å². The molecule has 7 nitrogen and oxygen atoms in total. The van der Waals surface area contributed by atoms with Crippen LogP contribution in [-0.4, -0.2) is 47.2 Å². The van der Waals surface area contributed by atoms with Gasteiger partial charge in [-0.1, -0.05) is 12.1 Å². The van der Waals surface area contributed by atoms with Crippen LogP contribution in [0.15, 0.2) is 36.5 Å². The molecular formula is C20H21N5O2. The number of hydrogen-bond acceptors (Lipinski definition) is 6. The summed E-state index contributed by atoms with van der Waals surface area (Å²) >= 11 is 0. The zero-order valence-corrected chi connectivity index (χ0v) is 15.4. The highest BCUT2D eigenvalue weighted by Gasteiger charge is 2.18. The third-order valence-corrected chi connectivity index (χ3v) is 4.46. The summed E-state index contributed by atoms with van der Waals surface area (Å²) in [4.78, 5) is 27.4. The van der Waals surface area contributed by atoms with Gasteiger partial charge in [0.2, 0.25) is 5.91 Å². The molecule has 1 saturated heterocycles. The van der Waals surface area contributed by atoms with Gasteiger partial charge in [0.05, 0.1) is 18.7 Å². The Hall–Kier alpha value is -3.06. The molecule has 3 aromatic rings. The lowest BCUT2D eigenvalue weighted by Crippen LogP contribution is -2.37. The zero-order chi connectivity index (χ0) is 18.8. The Labute approximate surface area is 157 Å². The average molecular weight is 363 g/mol. The standard InChI is InChI=1S/C20H21N5O2/c1-13-22-18-11-16(15-4-3-5-17(10-15)24-14(2)26)12-21-19(18)20(23-13)25-6-8-27-9-7-25/h3-5,10-12H,6-9H2,1-2H3,(H,24,26). The van der Waals surface area contributed by atoms with E-state index >= 15 is 0 Å². The molecule has 2 aromatic heterocycles. The van der Waals surface area contributed by atoms with Crippen LogP contribution in [0.25, 0.3) is 22.2 Å². The number of anilines is 2. The van der Waals surface area contributed by atoms with Crippen molar-refractivity contribution in [1.82, 2.24) is 15.0 Å². The molecule has 0 spiro atoms. The van der Waals surface area contributed by atoms with Gasteiger partial charge in [0, 0.05) is 37.5 Å². The predicted molar refractivity (Wildman–Crippen MR) is 105 cm³/mol. The van der Waals surface area contributed by atoms with Gasteiger partial charge in [-0.2, -0.15) is 0 Å². The Kier molecular flexibility index (Phi) is 4.68. The van der Waals surface area contributed by atoms with Gasteiger partial charge in [-0.05, 0) is 30.7 Å². The number of aryl methyl sites for hydroxylation is 1. The lowest BCUT2D eigenvalue weighted by Gasteiger charge is -2.28. The van der Waals surface area contributed by atoms with E-state index in [9.17, 15) is 4.79 Å². The van der Waals surface area contributed by atoms with Crippen LogP contribution in [0.4, 0.5) is 11.5 Å². The van der Waals surface area contributed by atoms with Crippen LogP contribution in [0.3, 0.4) is 0 Å². The van der Waals surface area contributed by atoms with Crippen LogP contribution in [-0.2, 0) is 9.53 Å². The summed E-state index contributed by atoms with van der Waals surface area (Å²) in [5.41, 5.74) is 4.28.